The Morgan fingerprint density at radius 3 is 2.55 bits per heavy atom. The van der Waals surface area contributed by atoms with Crippen molar-refractivity contribution >= 4 is 11.7 Å². The largest absolute Gasteiger partial charge is 0.478 e. The number of carboxylic acid groups (broad SMARTS) is 1. The maximum absolute atomic E-state index is 13.8. The Balaban J connectivity index is 2.40. The molecule has 0 atom stereocenters. The van der Waals surface area contributed by atoms with Gasteiger partial charge in [0, 0.05) is 25.8 Å². The molecule has 1 N–H and O–H groups in total. The first-order valence-corrected chi connectivity index (χ1v) is 5.96. The molecule has 0 saturated heterocycles. The van der Waals surface area contributed by atoms with Gasteiger partial charge >= 0.3 is 5.97 Å². The van der Waals surface area contributed by atoms with E-state index in [1.54, 1.807) is 18.2 Å². The Bertz CT molecular complexity index is 641. The molecule has 0 heterocycles. The first-order valence-electron chi connectivity index (χ1n) is 5.96. The maximum Gasteiger partial charge on any atom is 0.339 e. The van der Waals surface area contributed by atoms with E-state index in [2.05, 4.69) is 0 Å². The van der Waals surface area contributed by atoms with Gasteiger partial charge in [-0.1, -0.05) is 12.1 Å². The van der Waals surface area contributed by atoms with Gasteiger partial charge in [-0.3, -0.25) is 0 Å². The van der Waals surface area contributed by atoms with Crippen LogP contribution in [0.4, 0.5) is 10.1 Å². The fourth-order valence-electron chi connectivity index (χ4n) is 1.72. The number of aromatic carboxylic acids is 1. The zero-order valence-electron chi connectivity index (χ0n) is 11.1. The van der Waals surface area contributed by atoms with E-state index < -0.39 is 11.8 Å². The Labute approximate surface area is 116 Å². The molecule has 4 nitrogen and oxygen atoms in total. The highest BCUT2D eigenvalue weighted by Crippen LogP contribution is 2.30. The number of anilines is 1. The molecule has 0 aromatic heterocycles. The number of hydrogen-bond acceptors (Lipinski definition) is 3. The summed E-state index contributed by atoms with van der Waals surface area (Å²) in [5, 5.41) is 9.06. The highest BCUT2D eigenvalue weighted by Gasteiger charge is 2.16. The van der Waals surface area contributed by atoms with Crippen LogP contribution in [-0.2, 0) is 0 Å². The lowest BCUT2D eigenvalue weighted by Gasteiger charge is -2.14. The summed E-state index contributed by atoms with van der Waals surface area (Å²) in [5.41, 5.74) is 0.663. The summed E-state index contributed by atoms with van der Waals surface area (Å²) in [6.45, 7) is 0. The van der Waals surface area contributed by atoms with Crippen molar-refractivity contribution in [3.8, 4) is 11.5 Å². The molecule has 0 aliphatic heterocycles. The predicted octanol–water partition coefficient (Wildman–Crippen LogP) is 3.38. The topological polar surface area (TPSA) is 49.8 Å². The van der Waals surface area contributed by atoms with Crippen molar-refractivity contribution in [2.45, 2.75) is 0 Å². The lowest BCUT2D eigenvalue weighted by molar-refractivity contribution is 0.0693. The number of halogens is 1. The van der Waals surface area contributed by atoms with Crippen LogP contribution in [0.5, 0.6) is 11.5 Å². The molecule has 0 amide bonds. The van der Waals surface area contributed by atoms with Crippen molar-refractivity contribution in [3.05, 3.63) is 53.8 Å². The van der Waals surface area contributed by atoms with Gasteiger partial charge < -0.3 is 14.7 Å². The number of carboxylic acids is 1. The van der Waals surface area contributed by atoms with Gasteiger partial charge in [0.15, 0.2) is 11.6 Å². The number of hydrogen-bond donors (Lipinski definition) is 1. The number of rotatable bonds is 4. The van der Waals surface area contributed by atoms with E-state index in [0.717, 1.165) is 11.8 Å². The molecule has 0 saturated carbocycles. The van der Waals surface area contributed by atoms with Gasteiger partial charge in [-0.05, 0) is 24.3 Å². The maximum atomic E-state index is 13.8. The third-order valence-electron chi connectivity index (χ3n) is 2.75. The van der Waals surface area contributed by atoms with E-state index in [4.69, 9.17) is 9.84 Å². The van der Waals surface area contributed by atoms with Crippen LogP contribution in [0.2, 0.25) is 0 Å². The minimum absolute atomic E-state index is 0.208. The summed E-state index contributed by atoms with van der Waals surface area (Å²) in [5.74, 6) is -1.84. The lowest BCUT2D eigenvalue weighted by atomic mass is 10.2. The van der Waals surface area contributed by atoms with E-state index in [-0.39, 0.29) is 11.3 Å². The normalized spacial score (nSPS) is 10.2. The molecule has 20 heavy (non-hydrogen) atoms. The second-order valence-corrected chi connectivity index (χ2v) is 4.42. The predicted molar refractivity (Wildman–Crippen MR) is 74.2 cm³/mol. The van der Waals surface area contributed by atoms with E-state index in [9.17, 15) is 9.18 Å². The smallest absolute Gasteiger partial charge is 0.339 e. The summed E-state index contributed by atoms with van der Waals surface area (Å²) < 4.78 is 19.2. The average Bonchev–Trinajstić information content (AvgIpc) is 2.41. The first kappa shape index (κ1) is 13.9. The first-order chi connectivity index (χ1) is 9.49. The number of nitrogens with zero attached hydrogens (tertiary/aromatic N) is 1. The number of para-hydroxylation sites is 1. The minimum atomic E-state index is -1.23. The molecule has 0 bridgehead atoms. The van der Waals surface area contributed by atoms with Gasteiger partial charge in [-0.15, -0.1) is 0 Å². The summed E-state index contributed by atoms with van der Waals surface area (Å²) >= 11 is 0. The molecule has 5 heteroatoms. The zero-order valence-corrected chi connectivity index (χ0v) is 11.1. The molecule has 0 aliphatic carbocycles. The Morgan fingerprint density at radius 1 is 1.20 bits per heavy atom. The highest BCUT2D eigenvalue weighted by molar-refractivity contribution is 5.91. The molecule has 2 rings (SSSR count). The van der Waals surface area contributed by atoms with Crippen LogP contribution in [0.1, 0.15) is 10.4 Å². The van der Waals surface area contributed by atoms with Gasteiger partial charge in [-0.2, -0.15) is 0 Å². The number of carbonyl (C=O) groups is 1. The van der Waals surface area contributed by atoms with E-state index in [1.165, 1.54) is 12.1 Å². The standard InChI is InChI=1S/C15H14FNO3/c1-17(2)10-5-3-6-11(9-10)20-14-12(15(18)19)7-4-8-13(14)16/h3-9H,1-2H3,(H,18,19). The van der Waals surface area contributed by atoms with Gasteiger partial charge in [0.2, 0.25) is 0 Å². The van der Waals surface area contributed by atoms with Crippen molar-refractivity contribution in [1.29, 1.82) is 0 Å². The fraction of sp³-hybridized carbons (Fsp3) is 0.133. The van der Waals surface area contributed by atoms with Crippen LogP contribution < -0.4 is 9.64 Å². The molecule has 2 aromatic rings. The Hall–Kier alpha value is -2.56. The minimum Gasteiger partial charge on any atom is -0.478 e. The third kappa shape index (κ3) is 2.88. The van der Waals surface area contributed by atoms with Gasteiger partial charge in [0.05, 0.1) is 0 Å². The van der Waals surface area contributed by atoms with Crippen molar-refractivity contribution in [2.24, 2.45) is 0 Å². The number of ether oxygens (including phenoxy) is 1. The Kier molecular flexibility index (Phi) is 3.89. The molecular weight excluding hydrogens is 261 g/mol. The quantitative estimate of drug-likeness (QED) is 0.929. The van der Waals surface area contributed by atoms with Gasteiger partial charge in [0.25, 0.3) is 0 Å². The second-order valence-electron chi connectivity index (χ2n) is 4.42. The Morgan fingerprint density at radius 2 is 1.90 bits per heavy atom. The molecule has 2 aromatic carbocycles. The zero-order chi connectivity index (χ0) is 14.7. The van der Waals surface area contributed by atoms with Crippen molar-refractivity contribution in [1.82, 2.24) is 0 Å². The van der Waals surface area contributed by atoms with Gasteiger partial charge in [-0.25, -0.2) is 9.18 Å². The average molecular weight is 275 g/mol. The van der Waals surface area contributed by atoms with Crippen molar-refractivity contribution in [3.63, 3.8) is 0 Å². The molecule has 0 fully saturated rings. The van der Waals surface area contributed by atoms with Crippen LogP contribution in [0.3, 0.4) is 0 Å². The van der Waals surface area contributed by atoms with Crippen molar-refractivity contribution in [2.75, 3.05) is 19.0 Å². The van der Waals surface area contributed by atoms with Crippen LogP contribution in [0.15, 0.2) is 42.5 Å². The SMILES string of the molecule is CN(C)c1cccc(Oc2c(F)cccc2C(=O)O)c1. The molecule has 104 valence electrons. The highest BCUT2D eigenvalue weighted by atomic mass is 19.1. The van der Waals surface area contributed by atoms with Gasteiger partial charge in [0.1, 0.15) is 11.3 Å². The summed E-state index contributed by atoms with van der Waals surface area (Å²) in [7, 11) is 3.73. The van der Waals surface area contributed by atoms with Crippen LogP contribution >= 0.6 is 0 Å². The summed E-state index contributed by atoms with van der Waals surface area (Å²) in [6, 6.07) is 10.8. The molecule has 0 aliphatic rings. The monoisotopic (exact) mass is 275 g/mol. The van der Waals surface area contributed by atoms with Crippen LogP contribution in [0.25, 0.3) is 0 Å². The molecule has 0 radical (unpaired) electrons. The van der Waals surface area contributed by atoms with E-state index in [1.807, 2.05) is 25.1 Å². The van der Waals surface area contributed by atoms with Crippen LogP contribution in [-0.4, -0.2) is 25.2 Å². The molecule has 0 spiro atoms. The van der Waals surface area contributed by atoms with E-state index in [0.29, 0.717) is 5.75 Å². The van der Waals surface area contributed by atoms with Crippen LogP contribution in [0, 0.1) is 5.82 Å². The van der Waals surface area contributed by atoms with Crippen molar-refractivity contribution < 1.29 is 19.0 Å². The van der Waals surface area contributed by atoms with E-state index >= 15 is 0 Å². The summed E-state index contributed by atoms with van der Waals surface area (Å²) in [4.78, 5) is 13.0. The number of benzene rings is 2. The third-order valence-corrected chi connectivity index (χ3v) is 2.75. The molecule has 0 unspecified atom stereocenters. The lowest BCUT2D eigenvalue weighted by Crippen LogP contribution is -2.08. The molecular formula is C15H14FNO3. The summed E-state index contributed by atoms with van der Waals surface area (Å²) in [6.07, 6.45) is 0. The fourth-order valence-corrected chi connectivity index (χ4v) is 1.72. The second kappa shape index (κ2) is 5.61.